The Morgan fingerprint density at radius 3 is 1.28 bits per heavy atom. The van der Waals surface area contributed by atoms with Crippen LogP contribution in [0.5, 0.6) is 0 Å². The molecule has 0 aliphatic heterocycles. The van der Waals surface area contributed by atoms with E-state index in [1.54, 1.807) is 0 Å². The van der Waals surface area contributed by atoms with Crippen LogP contribution in [0.1, 0.15) is 0 Å². The second kappa shape index (κ2) is 13.4. The lowest BCUT2D eigenvalue weighted by Gasteiger charge is -2.26. The quantitative estimate of drug-likeness (QED) is 0.162. The molecule has 54 heavy (non-hydrogen) atoms. The summed E-state index contributed by atoms with van der Waals surface area (Å²) in [6, 6.07) is 76.6. The number of anilines is 3. The third-order valence-electron chi connectivity index (χ3n) is 10.6. The minimum Gasteiger partial charge on any atom is -0.316 e. The standard InChI is InChI=1S/C52H36N2/c1-4-12-37(13-5-1)39-21-28-45(29-22-39)54(46-30-23-40(24-31-46)38-14-6-2-7-15-38)47-32-25-41(26-33-47)44-20-19-42-27-34-50-52(48(42)36-44)51(43-16-8-3-9-17-43)49-18-10-11-35-53(49)50/h1-36H. The van der Waals surface area contributed by atoms with Gasteiger partial charge in [0.15, 0.2) is 0 Å². The molecular formula is C52H36N2. The van der Waals surface area contributed by atoms with Gasteiger partial charge in [-0.1, -0.05) is 152 Å². The molecule has 0 saturated heterocycles. The Kier molecular flexibility index (Phi) is 7.85. The molecule has 0 fully saturated rings. The second-order valence-electron chi connectivity index (χ2n) is 13.8. The van der Waals surface area contributed by atoms with Gasteiger partial charge in [0, 0.05) is 34.2 Å². The number of aromatic nitrogens is 1. The highest BCUT2D eigenvalue weighted by molar-refractivity contribution is 6.19. The number of pyridine rings is 1. The minimum absolute atomic E-state index is 1.10. The molecule has 0 radical (unpaired) electrons. The first-order valence-electron chi connectivity index (χ1n) is 18.5. The molecule has 0 spiro atoms. The van der Waals surface area contributed by atoms with Crippen LogP contribution in [0.2, 0.25) is 0 Å². The van der Waals surface area contributed by atoms with E-state index >= 15 is 0 Å². The molecule has 2 heteroatoms. The van der Waals surface area contributed by atoms with E-state index in [0.29, 0.717) is 0 Å². The first kappa shape index (κ1) is 31.6. The largest absolute Gasteiger partial charge is 0.316 e. The predicted octanol–water partition coefficient (Wildman–Crippen LogP) is 14.4. The van der Waals surface area contributed by atoms with Gasteiger partial charge >= 0.3 is 0 Å². The maximum Gasteiger partial charge on any atom is 0.0541 e. The highest BCUT2D eigenvalue weighted by Gasteiger charge is 2.17. The Morgan fingerprint density at radius 2 is 0.741 bits per heavy atom. The molecule has 0 amide bonds. The Balaban J connectivity index is 1.07. The molecule has 0 saturated carbocycles. The van der Waals surface area contributed by atoms with E-state index in [4.69, 9.17) is 0 Å². The molecule has 254 valence electrons. The fourth-order valence-corrected chi connectivity index (χ4v) is 7.95. The van der Waals surface area contributed by atoms with Crippen molar-refractivity contribution >= 4 is 44.3 Å². The molecule has 0 unspecified atom stereocenters. The lowest BCUT2D eigenvalue weighted by molar-refractivity contribution is 1.26. The van der Waals surface area contributed by atoms with Crippen LogP contribution >= 0.6 is 0 Å². The Morgan fingerprint density at radius 1 is 0.315 bits per heavy atom. The van der Waals surface area contributed by atoms with Crippen LogP contribution in [0.4, 0.5) is 17.1 Å². The van der Waals surface area contributed by atoms with Crippen molar-refractivity contribution in [2.45, 2.75) is 0 Å². The van der Waals surface area contributed by atoms with Gasteiger partial charge in [-0.3, -0.25) is 0 Å². The van der Waals surface area contributed by atoms with Crippen LogP contribution in [-0.2, 0) is 0 Å². The summed E-state index contributed by atoms with van der Waals surface area (Å²) in [5.74, 6) is 0. The van der Waals surface area contributed by atoms with Gasteiger partial charge in [0.05, 0.1) is 11.0 Å². The van der Waals surface area contributed by atoms with Gasteiger partial charge in [-0.25, -0.2) is 0 Å². The fraction of sp³-hybridized carbons (Fsp3) is 0. The van der Waals surface area contributed by atoms with E-state index in [2.05, 4.69) is 228 Å². The summed E-state index contributed by atoms with van der Waals surface area (Å²) < 4.78 is 2.33. The average Bonchev–Trinajstić information content (AvgIpc) is 3.60. The van der Waals surface area contributed by atoms with Crippen LogP contribution in [-0.4, -0.2) is 4.40 Å². The number of nitrogens with zero attached hydrogens (tertiary/aromatic N) is 2. The summed E-state index contributed by atoms with van der Waals surface area (Å²) in [7, 11) is 0. The number of hydrogen-bond donors (Lipinski definition) is 0. The normalized spacial score (nSPS) is 11.3. The van der Waals surface area contributed by atoms with Crippen molar-refractivity contribution in [2.75, 3.05) is 4.90 Å². The summed E-state index contributed by atoms with van der Waals surface area (Å²) in [6.45, 7) is 0. The average molecular weight is 689 g/mol. The SMILES string of the molecule is c1ccc(-c2ccc(N(c3ccc(-c4ccccc4)cc3)c3ccc(-c4ccc5ccc6c(c(-c7ccccc7)c7ccccn76)c5c4)cc3)cc2)cc1. The Hall–Kier alpha value is -7.16. The van der Waals surface area contributed by atoms with Crippen LogP contribution in [0.15, 0.2) is 219 Å². The van der Waals surface area contributed by atoms with Crippen LogP contribution in [0.3, 0.4) is 0 Å². The topological polar surface area (TPSA) is 7.65 Å². The fourth-order valence-electron chi connectivity index (χ4n) is 7.95. The summed E-state index contributed by atoms with van der Waals surface area (Å²) in [4.78, 5) is 2.34. The van der Waals surface area contributed by atoms with Crippen LogP contribution in [0, 0.1) is 0 Å². The van der Waals surface area contributed by atoms with E-state index in [1.807, 2.05) is 0 Å². The van der Waals surface area contributed by atoms with Crippen LogP contribution < -0.4 is 4.90 Å². The lowest BCUT2D eigenvalue weighted by Crippen LogP contribution is -2.09. The number of rotatable bonds is 7. The number of hydrogen-bond acceptors (Lipinski definition) is 1. The van der Waals surface area contributed by atoms with Gasteiger partial charge < -0.3 is 9.30 Å². The van der Waals surface area contributed by atoms with Crippen molar-refractivity contribution in [1.82, 2.24) is 4.40 Å². The highest BCUT2D eigenvalue weighted by atomic mass is 15.1. The third-order valence-corrected chi connectivity index (χ3v) is 10.6. The molecular weight excluding hydrogens is 653 g/mol. The van der Waals surface area contributed by atoms with Gasteiger partial charge in [-0.2, -0.15) is 0 Å². The zero-order valence-electron chi connectivity index (χ0n) is 29.7. The van der Waals surface area contributed by atoms with Gasteiger partial charge in [0.2, 0.25) is 0 Å². The molecule has 0 aliphatic carbocycles. The molecule has 0 atom stereocenters. The molecule has 0 N–H and O–H groups in total. The first-order valence-corrected chi connectivity index (χ1v) is 18.5. The van der Waals surface area contributed by atoms with E-state index in [0.717, 1.165) is 17.1 Å². The molecule has 8 aromatic carbocycles. The monoisotopic (exact) mass is 688 g/mol. The van der Waals surface area contributed by atoms with Crippen molar-refractivity contribution < 1.29 is 0 Å². The van der Waals surface area contributed by atoms with E-state index in [9.17, 15) is 0 Å². The predicted molar refractivity (Wildman–Crippen MR) is 229 cm³/mol. The molecule has 0 bridgehead atoms. The van der Waals surface area contributed by atoms with Gasteiger partial charge in [0.1, 0.15) is 0 Å². The van der Waals surface area contributed by atoms with Gasteiger partial charge in [0.25, 0.3) is 0 Å². The van der Waals surface area contributed by atoms with Crippen molar-refractivity contribution in [1.29, 1.82) is 0 Å². The van der Waals surface area contributed by atoms with Crippen molar-refractivity contribution in [3.63, 3.8) is 0 Å². The summed E-state index contributed by atoms with van der Waals surface area (Å²) in [5, 5.41) is 3.78. The zero-order chi connectivity index (χ0) is 35.8. The van der Waals surface area contributed by atoms with Gasteiger partial charge in [-0.05, 0) is 110 Å². The molecule has 10 rings (SSSR count). The van der Waals surface area contributed by atoms with Crippen molar-refractivity contribution in [2.24, 2.45) is 0 Å². The van der Waals surface area contributed by atoms with Crippen molar-refractivity contribution in [3.8, 4) is 44.5 Å². The molecule has 2 nitrogen and oxygen atoms in total. The van der Waals surface area contributed by atoms with Crippen LogP contribution in [0.25, 0.3) is 71.7 Å². The van der Waals surface area contributed by atoms with E-state index in [-0.39, 0.29) is 0 Å². The maximum absolute atomic E-state index is 2.38. The second-order valence-corrected chi connectivity index (χ2v) is 13.8. The Labute approximate surface area is 315 Å². The minimum atomic E-state index is 1.10. The maximum atomic E-state index is 2.38. The molecule has 0 aliphatic rings. The zero-order valence-corrected chi connectivity index (χ0v) is 29.7. The summed E-state index contributed by atoms with van der Waals surface area (Å²) in [6.07, 6.45) is 2.18. The van der Waals surface area contributed by atoms with Gasteiger partial charge in [-0.15, -0.1) is 0 Å². The first-order chi connectivity index (χ1) is 26.8. The Bertz CT molecular complexity index is 2790. The number of benzene rings is 8. The number of fused-ring (bicyclic) bond motifs is 5. The molecule has 2 heterocycles. The van der Waals surface area contributed by atoms with Crippen molar-refractivity contribution in [3.05, 3.63) is 219 Å². The van der Waals surface area contributed by atoms with E-state index in [1.165, 1.54) is 71.7 Å². The summed E-state index contributed by atoms with van der Waals surface area (Å²) in [5.41, 5.74) is 15.5. The molecule has 2 aromatic heterocycles. The smallest absolute Gasteiger partial charge is 0.0541 e. The molecule has 10 aromatic rings. The van der Waals surface area contributed by atoms with E-state index < -0.39 is 0 Å². The third kappa shape index (κ3) is 5.62. The summed E-state index contributed by atoms with van der Waals surface area (Å²) >= 11 is 0. The lowest BCUT2D eigenvalue weighted by atomic mass is 9.95. The highest BCUT2D eigenvalue weighted by Crippen LogP contribution is 2.42.